The lowest BCUT2D eigenvalue weighted by Gasteiger charge is -2.14. The first kappa shape index (κ1) is 15.3. The molecule has 1 unspecified atom stereocenters. The molecule has 1 rings (SSSR count). The molecule has 1 aromatic rings. The number of hydrogen-bond acceptors (Lipinski definition) is 4. The number of aliphatic hydroxyl groups excluding tert-OH is 1. The summed E-state index contributed by atoms with van der Waals surface area (Å²) in [6.45, 7) is 4.29. The van der Waals surface area contributed by atoms with E-state index in [2.05, 4.69) is 5.32 Å². The number of hydrogen-bond donors (Lipinski definition) is 3. The van der Waals surface area contributed by atoms with Gasteiger partial charge in [-0.1, -0.05) is 13.8 Å². The van der Waals surface area contributed by atoms with E-state index in [0.29, 0.717) is 29.3 Å². The van der Waals surface area contributed by atoms with Crippen molar-refractivity contribution in [3.8, 4) is 5.75 Å². The van der Waals surface area contributed by atoms with Crippen LogP contribution in [0, 0.1) is 5.92 Å². The van der Waals surface area contributed by atoms with Crippen LogP contribution in [0.15, 0.2) is 18.2 Å². The third-order valence-electron chi connectivity index (χ3n) is 2.73. The molecule has 1 atom stereocenters. The molecule has 1 amide bonds. The largest absolute Gasteiger partial charge is 0.495 e. The van der Waals surface area contributed by atoms with Gasteiger partial charge in [0.1, 0.15) is 5.75 Å². The fraction of sp³-hybridized carbons (Fsp3) is 0.500. The first-order valence-corrected chi connectivity index (χ1v) is 6.33. The minimum absolute atomic E-state index is 0.239. The Kier molecular flexibility index (Phi) is 5.63. The Morgan fingerprint density at radius 3 is 2.68 bits per heavy atom. The van der Waals surface area contributed by atoms with Crippen molar-refractivity contribution in [2.24, 2.45) is 5.92 Å². The van der Waals surface area contributed by atoms with Gasteiger partial charge in [-0.25, -0.2) is 0 Å². The highest BCUT2D eigenvalue weighted by Gasteiger charge is 2.11. The van der Waals surface area contributed by atoms with Gasteiger partial charge in [-0.05, 0) is 30.5 Å². The van der Waals surface area contributed by atoms with Gasteiger partial charge >= 0.3 is 0 Å². The van der Waals surface area contributed by atoms with Crippen LogP contribution in [0.3, 0.4) is 0 Å². The molecule has 4 N–H and O–H groups in total. The highest BCUT2D eigenvalue weighted by atomic mass is 16.5. The maximum Gasteiger partial charge on any atom is 0.251 e. The smallest absolute Gasteiger partial charge is 0.251 e. The molecular formula is C14H22N2O3. The van der Waals surface area contributed by atoms with Crippen LogP contribution in [0.2, 0.25) is 0 Å². The van der Waals surface area contributed by atoms with E-state index in [-0.39, 0.29) is 12.5 Å². The number of aliphatic hydroxyl groups is 1. The second-order valence-electron chi connectivity index (χ2n) is 4.95. The van der Waals surface area contributed by atoms with E-state index >= 15 is 0 Å². The van der Waals surface area contributed by atoms with Crippen molar-refractivity contribution in [2.75, 3.05) is 19.4 Å². The number of nitrogens with two attached hydrogens (primary N) is 1. The second-order valence-corrected chi connectivity index (χ2v) is 4.95. The third-order valence-corrected chi connectivity index (χ3v) is 2.73. The molecule has 0 radical (unpaired) electrons. The summed E-state index contributed by atoms with van der Waals surface area (Å²) in [5.74, 6) is 0.678. The van der Waals surface area contributed by atoms with Crippen molar-refractivity contribution in [1.82, 2.24) is 5.32 Å². The zero-order valence-electron chi connectivity index (χ0n) is 11.6. The van der Waals surface area contributed by atoms with E-state index in [9.17, 15) is 9.90 Å². The molecule has 0 spiro atoms. The van der Waals surface area contributed by atoms with Gasteiger partial charge in [0.25, 0.3) is 5.91 Å². The lowest BCUT2D eigenvalue weighted by Crippen LogP contribution is -2.32. The summed E-state index contributed by atoms with van der Waals surface area (Å²) in [5, 5.41) is 12.4. The number of nitrogen functional groups attached to an aromatic ring is 1. The maximum absolute atomic E-state index is 11.9. The Labute approximate surface area is 113 Å². The Morgan fingerprint density at radius 1 is 1.47 bits per heavy atom. The highest BCUT2D eigenvalue weighted by molar-refractivity contribution is 5.95. The van der Waals surface area contributed by atoms with E-state index in [1.807, 2.05) is 13.8 Å². The first-order chi connectivity index (χ1) is 8.93. The van der Waals surface area contributed by atoms with Crippen molar-refractivity contribution >= 4 is 11.6 Å². The van der Waals surface area contributed by atoms with Crippen LogP contribution in [0.25, 0.3) is 0 Å². The zero-order chi connectivity index (χ0) is 14.4. The number of rotatable bonds is 6. The molecule has 0 fully saturated rings. The van der Waals surface area contributed by atoms with Crippen LogP contribution in [0.1, 0.15) is 30.6 Å². The van der Waals surface area contributed by atoms with Gasteiger partial charge in [0.2, 0.25) is 0 Å². The molecule has 1 aromatic carbocycles. The van der Waals surface area contributed by atoms with Crippen LogP contribution < -0.4 is 15.8 Å². The van der Waals surface area contributed by atoms with Gasteiger partial charge in [0, 0.05) is 12.1 Å². The second kappa shape index (κ2) is 6.99. The van der Waals surface area contributed by atoms with Gasteiger partial charge in [-0.2, -0.15) is 0 Å². The van der Waals surface area contributed by atoms with Gasteiger partial charge in [0.15, 0.2) is 0 Å². The Morgan fingerprint density at radius 2 is 2.16 bits per heavy atom. The summed E-state index contributed by atoms with van der Waals surface area (Å²) in [4.78, 5) is 11.9. The number of methoxy groups -OCH3 is 1. The molecular weight excluding hydrogens is 244 g/mol. The molecule has 0 saturated carbocycles. The molecule has 5 heteroatoms. The van der Waals surface area contributed by atoms with E-state index in [0.717, 1.165) is 0 Å². The van der Waals surface area contributed by atoms with E-state index in [4.69, 9.17) is 10.5 Å². The molecule has 0 aliphatic heterocycles. The number of nitrogens with one attached hydrogen (secondary N) is 1. The van der Waals surface area contributed by atoms with Crippen LogP contribution in [-0.4, -0.2) is 30.8 Å². The highest BCUT2D eigenvalue weighted by Crippen LogP contribution is 2.21. The van der Waals surface area contributed by atoms with Crippen LogP contribution in [0.5, 0.6) is 5.75 Å². The summed E-state index contributed by atoms with van der Waals surface area (Å²) in [7, 11) is 1.52. The number of carbonyl (C=O) groups is 1. The SMILES string of the molecule is COc1ccc(C(=O)NCC(O)CC(C)C)cc1N. The molecule has 0 aliphatic rings. The Balaban J connectivity index is 2.56. The Bertz CT molecular complexity index is 433. The topological polar surface area (TPSA) is 84.6 Å². The first-order valence-electron chi connectivity index (χ1n) is 6.33. The number of anilines is 1. The predicted molar refractivity (Wildman–Crippen MR) is 75.2 cm³/mol. The molecule has 5 nitrogen and oxygen atoms in total. The van der Waals surface area contributed by atoms with Gasteiger partial charge in [-0.15, -0.1) is 0 Å². The number of benzene rings is 1. The monoisotopic (exact) mass is 266 g/mol. The normalized spacial score (nSPS) is 12.3. The van der Waals surface area contributed by atoms with E-state index in [1.165, 1.54) is 7.11 Å². The minimum Gasteiger partial charge on any atom is -0.495 e. The van der Waals surface area contributed by atoms with E-state index < -0.39 is 6.10 Å². The fourth-order valence-electron chi connectivity index (χ4n) is 1.82. The zero-order valence-corrected chi connectivity index (χ0v) is 11.6. The van der Waals surface area contributed by atoms with Gasteiger partial charge < -0.3 is 20.9 Å². The minimum atomic E-state index is -0.528. The molecule has 106 valence electrons. The average molecular weight is 266 g/mol. The fourth-order valence-corrected chi connectivity index (χ4v) is 1.82. The quantitative estimate of drug-likeness (QED) is 0.680. The number of ether oxygens (including phenoxy) is 1. The summed E-state index contributed by atoms with van der Waals surface area (Å²) >= 11 is 0. The standard InChI is InChI=1S/C14H22N2O3/c1-9(2)6-11(17)8-16-14(18)10-4-5-13(19-3)12(15)7-10/h4-5,7,9,11,17H,6,8,15H2,1-3H3,(H,16,18). The van der Waals surface area contributed by atoms with Gasteiger partial charge in [0.05, 0.1) is 18.9 Å². The third kappa shape index (κ3) is 4.79. The van der Waals surface area contributed by atoms with Crippen molar-refractivity contribution < 1.29 is 14.6 Å². The average Bonchev–Trinajstić information content (AvgIpc) is 2.35. The van der Waals surface area contributed by atoms with Crippen molar-refractivity contribution in [2.45, 2.75) is 26.4 Å². The summed E-state index contributed by atoms with van der Waals surface area (Å²) in [6.07, 6.45) is 0.130. The van der Waals surface area contributed by atoms with Crippen LogP contribution in [0.4, 0.5) is 5.69 Å². The number of carbonyl (C=O) groups excluding carboxylic acids is 1. The van der Waals surface area contributed by atoms with Crippen LogP contribution >= 0.6 is 0 Å². The summed E-state index contributed by atoms with van der Waals surface area (Å²) < 4.78 is 5.02. The molecule has 19 heavy (non-hydrogen) atoms. The van der Waals surface area contributed by atoms with E-state index in [1.54, 1.807) is 18.2 Å². The number of amides is 1. The van der Waals surface area contributed by atoms with Crippen molar-refractivity contribution in [3.63, 3.8) is 0 Å². The van der Waals surface area contributed by atoms with Crippen molar-refractivity contribution in [3.05, 3.63) is 23.8 Å². The van der Waals surface area contributed by atoms with Crippen molar-refractivity contribution in [1.29, 1.82) is 0 Å². The molecule has 0 bridgehead atoms. The molecule has 0 aromatic heterocycles. The lowest BCUT2D eigenvalue weighted by atomic mass is 10.1. The summed E-state index contributed by atoms with van der Waals surface area (Å²) in [6, 6.07) is 4.84. The maximum atomic E-state index is 11.9. The van der Waals surface area contributed by atoms with Gasteiger partial charge in [-0.3, -0.25) is 4.79 Å². The van der Waals surface area contributed by atoms with Crippen LogP contribution in [-0.2, 0) is 0 Å². The summed E-state index contributed by atoms with van der Waals surface area (Å²) in [5.41, 5.74) is 6.61. The molecule has 0 aliphatic carbocycles. The molecule has 0 heterocycles. The predicted octanol–water partition coefficient (Wildman–Crippen LogP) is 1.41. The molecule has 0 saturated heterocycles. The lowest BCUT2D eigenvalue weighted by molar-refractivity contribution is 0.0900. The Hall–Kier alpha value is -1.75.